The molecule has 0 unspecified atom stereocenters. The Morgan fingerprint density at radius 3 is 2.71 bits per heavy atom. The predicted molar refractivity (Wildman–Crippen MR) is 84.7 cm³/mol. The molecule has 0 aromatic heterocycles. The summed E-state index contributed by atoms with van der Waals surface area (Å²) < 4.78 is 27.3. The molecule has 0 saturated carbocycles. The Bertz CT molecular complexity index is 540. The molecule has 1 aromatic rings. The van der Waals surface area contributed by atoms with E-state index >= 15 is 0 Å². The van der Waals surface area contributed by atoms with Gasteiger partial charge in [0.25, 0.3) is 0 Å². The molecule has 1 fully saturated rings. The van der Waals surface area contributed by atoms with Crippen molar-refractivity contribution >= 4 is 10.0 Å². The maximum absolute atomic E-state index is 12.3. The van der Waals surface area contributed by atoms with E-state index < -0.39 is 10.0 Å². The SMILES string of the molecule is CCNCc1cccc(S(=O)(=O)NCCN2CCCC2)c1. The summed E-state index contributed by atoms with van der Waals surface area (Å²) in [6.07, 6.45) is 2.44. The number of hydrogen-bond donors (Lipinski definition) is 2. The van der Waals surface area contributed by atoms with Gasteiger partial charge in [0.05, 0.1) is 4.90 Å². The van der Waals surface area contributed by atoms with Crippen LogP contribution in [0.1, 0.15) is 25.3 Å². The summed E-state index contributed by atoms with van der Waals surface area (Å²) in [7, 11) is -3.40. The van der Waals surface area contributed by atoms with Crippen LogP contribution < -0.4 is 10.0 Å². The Morgan fingerprint density at radius 1 is 1.24 bits per heavy atom. The first-order valence-electron chi connectivity index (χ1n) is 7.63. The Kier molecular flexibility index (Phi) is 6.17. The van der Waals surface area contributed by atoms with Crippen molar-refractivity contribution in [1.82, 2.24) is 14.9 Å². The molecule has 0 amide bonds. The van der Waals surface area contributed by atoms with Crippen molar-refractivity contribution in [1.29, 1.82) is 0 Å². The predicted octanol–water partition coefficient (Wildman–Crippen LogP) is 1.17. The van der Waals surface area contributed by atoms with Crippen LogP contribution in [-0.4, -0.2) is 46.0 Å². The molecule has 1 aromatic carbocycles. The summed E-state index contributed by atoms with van der Waals surface area (Å²) in [4.78, 5) is 2.64. The number of rotatable bonds is 8. The summed E-state index contributed by atoms with van der Waals surface area (Å²) in [6.45, 7) is 7.01. The van der Waals surface area contributed by atoms with Crippen LogP contribution >= 0.6 is 0 Å². The van der Waals surface area contributed by atoms with Crippen LogP contribution in [0.3, 0.4) is 0 Å². The van der Waals surface area contributed by atoms with E-state index in [0.717, 1.165) is 31.7 Å². The van der Waals surface area contributed by atoms with Crippen molar-refractivity contribution in [3.05, 3.63) is 29.8 Å². The molecule has 0 aliphatic carbocycles. The minimum Gasteiger partial charge on any atom is -0.313 e. The third-order valence-corrected chi connectivity index (χ3v) is 5.17. The zero-order valence-electron chi connectivity index (χ0n) is 12.6. The van der Waals surface area contributed by atoms with E-state index in [-0.39, 0.29) is 0 Å². The fraction of sp³-hybridized carbons (Fsp3) is 0.600. The van der Waals surface area contributed by atoms with Crippen LogP contribution in [0.15, 0.2) is 29.2 Å². The highest BCUT2D eigenvalue weighted by molar-refractivity contribution is 7.89. The normalized spacial score (nSPS) is 16.4. The van der Waals surface area contributed by atoms with Gasteiger partial charge in [-0.3, -0.25) is 0 Å². The quantitative estimate of drug-likeness (QED) is 0.756. The third-order valence-electron chi connectivity index (χ3n) is 3.71. The van der Waals surface area contributed by atoms with E-state index in [4.69, 9.17) is 0 Å². The molecule has 2 rings (SSSR count). The molecular weight excluding hydrogens is 286 g/mol. The fourth-order valence-electron chi connectivity index (χ4n) is 2.52. The van der Waals surface area contributed by atoms with Crippen molar-refractivity contribution in [2.45, 2.75) is 31.2 Å². The lowest BCUT2D eigenvalue weighted by molar-refractivity contribution is 0.344. The van der Waals surface area contributed by atoms with E-state index in [1.165, 1.54) is 12.8 Å². The summed E-state index contributed by atoms with van der Waals surface area (Å²) >= 11 is 0. The van der Waals surface area contributed by atoms with E-state index in [2.05, 4.69) is 14.9 Å². The van der Waals surface area contributed by atoms with Gasteiger partial charge < -0.3 is 10.2 Å². The molecule has 1 aliphatic heterocycles. The number of sulfonamides is 1. The lowest BCUT2D eigenvalue weighted by atomic mass is 10.2. The molecule has 0 spiro atoms. The van der Waals surface area contributed by atoms with Gasteiger partial charge in [0.2, 0.25) is 10.0 Å². The highest BCUT2D eigenvalue weighted by atomic mass is 32.2. The first-order valence-corrected chi connectivity index (χ1v) is 9.12. The maximum Gasteiger partial charge on any atom is 0.240 e. The average Bonchev–Trinajstić information content (AvgIpc) is 2.98. The van der Waals surface area contributed by atoms with E-state index in [1.807, 2.05) is 13.0 Å². The zero-order valence-corrected chi connectivity index (χ0v) is 13.5. The van der Waals surface area contributed by atoms with Crippen molar-refractivity contribution in [2.24, 2.45) is 0 Å². The van der Waals surface area contributed by atoms with Gasteiger partial charge in [0.1, 0.15) is 0 Å². The first-order chi connectivity index (χ1) is 10.1. The van der Waals surface area contributed by atoms with Crippen molar-refractivity contribution < 1.29 is 8.42 Å². The number of likely N-dealkylation sites (tertiary alicyclic amines) is 1. The summed E-state index contributed by atoms with van der Waals surface area (Å²) in [5.41, 5.74) is 0.985. The molecular formula is C15H25N3O2S. The number of nitrogens with zero attached hydrogens (tertiary/aromatic N) is 1. The fourth-order valence-corrected chi connectivity index (χ4v) is 3.61. The second-order valence-corrected chi connectivity index (χ2v) is 7.14. The molecule has 1 heterocycles. The molecule has 5 nitrogen and oxygen atoms in total. The summed E-state index contributed by atoms with van der Waals surface area (Å²) in [5, 5.41) is 3.20. The Morgan fingerprint density at radius 2 is 2.00 bits per heavy atom. The highest BCUT2D eigenvalue weighted by Gasteiger charge is 2.16. The van der Waals surface area contributed by atoms with E-state index in [0.29, 0.717) is 18.0 Å². The number of nitrogens with one attached hydrogen (secondary N) is 2. The molecule has 118 valence electrons. The van der Waals surface area contributed by atoms with E-state index in [9.17, 15) is 8.42 Å². The summed E-state index contributed by atoms with van der Waals surface area (Å²) in [6, 6.07) is 7.11. The second kappa shape index (κ2) is 7.89. The molecule has 6 heteroatoms. The molecule has 0 atom stereocenters. The molecule has 1 aliphatic rings. The van der Waals surface area contributed by atoms with Gasteiger partial charge in [0.15, 0.2) is 0 Å². The monoisotopic (exact) mass is 311 g/mol. The van der Waals surface area contributed by atoms with E-state index in [1.54, 1.807) is 18.2 Å². The van der Waals surface area contributed by atoms with Crippen LogP contribution in [0.5, 0.6) is 0 Å². The van der Waals surface area contributed by atoms with Crippen molar-refractivity contribution in [3.8, 4) is 0 Å². The third kappa shape index (κ3) is 5.07. The lowest BCUT2D eigenvalue weighted by Crippen LogP contribution is -2.33. The van der Waals surface area contributed by atoms with Gasteiger partial charge in [-0.2, -0.15) is 0 Å². The van der Waals surface area contributed by atoms with Gasteiger partial charge >= 0.3 is 0 Å². The molecule has 0 radical (unpaired) electrons. The second-order valence-electron chi connectivity index (χ2n) is 5.37. The molecule has 0 bridgehead atoms. The Labute approximate surface area is 127 Å². The van der Waals surface area contributed by atoms with Gasteiger partial charge in [-0.25, -0.2) is 13.1 Å². The first kappa shape index (κ1) is 16.4. The smallest absolute Gasteiger partial charge is 0.240 e. The maximum atomic E-state index is 12.3. The van der Waals surface area contributed by atoms with Gasteiger partial charge in [-0.05, 0) is 50.2 Å². The molecule has 21 heavy (non-hydrogen) atoms. The largest absolute Gasteiger partial charge is 0.313 e. The molecule has 2 N–H and O–H groups in total. The number of benzene rings is 1. The van der Waals surface area contributed by atoms with Gasteiger partial charge in [-0.1, -0.05) is 19.1 Å². The number of hydrogen-bond acceptors (Lipinski definition) is 4. The van der Waals surface area contributed by atoms with Crippen molar-refractivity contribution in [2.75, 3.05) is 32.7 Å². The minimum atomic E-state index is -3.40. The zero-order chi connectivity index (χ0) is 15.1. The average molecular weight is 311 g/mol. The summed E-state index contributed by atoms with van der Waals surface area (Å²) in [5.74, 6) is 0. The van der Waals surface area contributed by atoms with Crippen molar-refractivity contribution in [3.63, 3.8) is 0 Å². The van der Waals surface area contributed by atoms with Crippen LogP contribution in [0.25, 0.3) is 0 Å². The van der Waals surface area contributed by atoms with Gasteiger partial charge in [-0.15, -0.1) is 0 Å². The van der Waals surface area contributed by atoms with Crippen LogP contribution in [0.2, 0.25) is 0 Å². The Balaban J connectivity index is 1.91. The standard InChI is InChI=1S/C15H25N3O2S/c1-2-16-13-14-6-5-7-15(12-14)21(19,20)17-8-11-18-9-3-4-10-18/h5-7,12,16-17H,2-4,8-11,13H2,1H3. The van der Waals surface area contributed by atoms with Gasteiger partial charge in [0, 0.05) is 19.6 Å². The van der Waals surface area contributed by atoms with Crippen LogP contribution in [0.4, 0.5) is 0 Å². The van der Waals surface area contributed by atoms with Crippen LogP contribution in [-0.2, 0) is 16.6 Å². The lowest BCUT2D eigenvalue weighted by Gasteiger charge is -2.15. The molecule has 1 saturated heterocycles. The van der Waals surface area contributed by atoms with Crippen LogP contribution in [0, 0.1) is 0 Å². The minimum absolute atomic E-state index is 0.347. The Hall–Kier alpha value is -0.950. The topological polar surface area (TPSA) is 61.4 Å². The highest BCUT2D eigenvalue weighted by Crippen LogP contribution is 2.12.